The first-order valence-corrected chi connectivity index (χ1v) is 7.28. The average molecular weight is 283 g/mol. The lowest BCUT2D eigenvalue weighted by atomic mass is 9.85. The summed E-state index contributed by atoms with van der Waals surface area (Å²) in [5.74, 6) is -0.957. The minimum absolute atomic E-state index is 0.121. The molecule has 1 aromatic rings. The van der Waals surface area contributed by atoms with E-state index in [4.69, 9.17) is 4.74 Å². The lowest BCUT2D eigenvalue weighted by Gasteiger charge is -2.37. The van der Waals surface area contributed by atoms with Gasteiger partial charge in [-0.1, -0.05) is 25.8 Å². The van der Waals surface area contributed by atoms with Gasteiger partial charge in [-0.2, -0.15) is 0 Å². The van der Waals surface area contributed by atoms with Crippen LogP contribution in [0.3, 0.4) is 0 Å². The van der Waals surface area contributed by atoms with Gasteiger partial charge in [0.05, 0.1) is 11.6 Å². The highest BCUT2D eigenvalue weighted by molar-refractivity contribution is 5.31. The zero-order valence-corrected chi connectivity index (χ0v) is 12.4. The molecule has 1 saturated carbocycles. The van der Waals surface area contributed by atoms with E-state index in [1.807, 2.05) is 6.92 Å². The molecule has 0 spiro atoms. The number of hydrogen-bond acceptors (Lipinski definition) is 2. The van der Waals surface area contributed by atoms with Gasteiger partial charge in [0.1, 0.15) is 11.6 Å². The SMILES string of the molecule is CCNC(c1c(F)ccc(C)c1F)C1(OC)CCCC1. The second-order valence-corrected chi connectivity index (χ2v) is 5.56. The van der Waals surface area contributed by atoms with Gasteiger partial charge in [-0.25, -0.2) is 8.78 Å². The van der Waals surface area contributed by atoms with E-state index in [0.717, 1.165) is 25.7 Å². The highest BCUT2D eigenvalue weighted by Crippen LogP contribution is 2.44. The average Bonchev–Trinajstić information content (AvgIpc) is 2.92. The van der Waals surface area contributed by atoms with Gasteiger partial charge in [-0.3, -0.25) is 0 Å². The third-order valence-corrected chi connectivity index (χ3v) is 4.40. The van der Waals surface area contributed by atoms with Gasteiger partial charge in [0.2, 0.25) is 0 Å². The van der Waals surface area contributed by atoms with E-state index in [2.05, 4.69) is 5.32 Å². The van der Waals surface area contributed by atoms with Crippen molar-refractivity contribution in [3.63, 3.8) is 0 Å². The Hall–Kier alpha value is -1.00. The Morgan fingerprint density at radius 2 is 1.95 bits per heavy atom. The molecular formula is C16H23F2NO. The number of methoxy groups -OCH3 is 1. The molecule has 20 heavy (non-hydrogen) atoms. The summed E-state index contributed by atoms with van der Waals surface area (Å²) in [6.07, 6.45) is 3.72. The minimum Gasteiger partial charge on any atom is -0.376 e. The van der Waals surface area contributed by atoms with Gasteiger partial charge in [0, 0.05) is 12.7 Å². The van der Waals surface area contributed by atoms with Crippen LogP contribution in [0.25, 0.3) is 0 Å². The second kappa shape index (κ2) is 6.19. The summed E-state index contributed by atoms with van der Waals surface area (Å²) in [5, 5.41) is 3.24. The van der Waals surface area contributed by atoms with Crippen LogP contribution in [0.1, 0.15) is 49.8 Å². The molecule has 0 heterocycles. The van der Waals surface area contributed by atoms with Crippen molar-refractivity contribution in [3.05, 3.63) is 34.9 Å². The van der Waals surface area contributed by atoms with Crippen molar-refractivity contribution in [2.75, 3.05) is 13.7 Å². The van der Waals surface area contributed by atoms with Crippen molar-refractivity contribution in [2.45, 2.75) is 51.2 Å². The van der Waals surface area contributed by atoms with Crippen LogP contribution in [0.4, 0.5) is 8.78 Å². The first-order valence-electron chi connectivity index (χ1n) is 7.28. The van der Waals surface area contributed by atoms with Gasteiger partial charge < -0.3 is 10.1 Å². The van der Waals surface area contributed by atoms with Crippen molar-refractivity contribution in [3.8, 4) is 0 Å². The van der Waals surface area contributed by atoms with Crippen molar-refractivity contribution in [1.82, 2.24) is 5.32 Å². The molecule has 0 aromatic heterocycles. The fourth-order valence-corrected chi connectivity index (χ4v) is 3.28. The van der Waals surface area contributed by atoms with Crippen molar-refractivity contribution < 1.29 is 13.5 Å². The van der Waals surface area contributed by atoms with Crippen LogP contribution in [0.15, 0.2) is 12.1 Å². The molecule has 2 rings (SSSR count). The van der Waals surface area contributed by atoms with Crippen LogP contribution >= 0.6 is 0 Å². The number of halogens is 2. The monoisotopic (exact) mass is 283 g/mol. The summed E-state index contributed by atoms with van der Waals surface area (Å²) >= 11 is 0. The molecule has 1 atom stereocenters. The fourth-order valence-electron chi connectivity index (χ4n) is 3.28. The maximum absolute atomic E-state index is 14.5. The van der Waals surface area contributed by atoms with Gasteiger partial charge in [0.25, 0.3) is 0 Å². The van der Waals surface area contributed by atoms with Crippen LogP contribution in [0.2, 0.25) is 0 Å². The fraction of sp³-hybridized carbons (Fsp3) is 0.625. The molecule has 1 aromatic carbocycles. The Morgan fingerprint density at radius 1 is 1.30 bits per heavy atom. The predicted molar refractivity (Wildman–Crippen MR) is 75.7 cm³/mol. The third kappa shape index (κ3) is 2.59. The molecule has 2 nitrogen and oxygen atoms in total. The van der Waals surface area contributed by atoms with Gasteiger partial charge in [-0.15, -0.1) is 0 Å². The van der Waals surface area contributed by atoms with Crippen LogP contribution in [0.5, 0.6) is 0 Å². The molecule has 0 radical (unpaired) electrons. The summed E-state index contributed by atoms with van der Waals surface area (Å²) in [5.41, 5.74) is 0.0787. The van der Waals surface area contributed by atoms with Gasteiger partial charge in [0.15, 0.2) is 0 Å². The lowest BCUT2D eigenvalue weighted by Crippen LogP contribution is -2.44. The zero-order chi connectivity index (χ0) is 14.8. The number of aryl methyl sites for hydroxylation is 1. The lowest BCUT2D eigenvalue weighted by molar-refractivity contribution is -0.0382. The van der Waals surface area contributed by atoms with Crippen LogP contribution in [-0.4, -0.2) is 19.3 Å². The topological polar surface area (TPSA) is 21.3 Å². The third-order valence-electron chi connectivity index (χ3n) is 4.40. The van der Waals surface area contributed by atoms with Crippen LogP contribution in [0, 0.1) is 18.6 Å². The minimum atomic E-state index is -0.508. The molecule has 1 N–H and O–H groups in total. The summed E-state index contributed by atoms with van der Waals surface area (Å²) in [6.45, 7) is 4.24. The number of nitrogens with one attached hydrogen (secondary N) is 1. The van der Waals surface area contributed by atoms with Gasteiger partial charge >= 0.3 is 0 Å². The van der Waals surface area contributed by atoms with E-state index in [1.165, 1.54) is 12.1 Å². The van der Waals surface area contributed by atoms with E-state index in [1.54, 1.807) is 14.0 Å². The Bertz CT molecular complexity index is 470. The Labute approximate surface area is 119 Å². The Morgan fingerprint density at radius 3 is 2.50 bits per heavy atom. The van der Waals surface area contributed by atoms with E-state index in [9.17, 15) is 8.78 Å². The van der Waals surface area contributed by atoms with Crippen molar-refractivity contribution in [1.29, 1.82) is 0 Å². The van der Waals surface area contributed by atoms with E-state index in [0.29, 0.717) is 12.1 Å². The highest BCUT2D eigenvalue weighted by atomic mass is 19.1. The summed E-state index contributed by atoms with van der Waals surface area (Å²) in [7, 11) is 1.64. The summed E-state index contributed by atoms with van der Waals surface area (Å²) in [6, 6.07) is 2.38. The first kappa shape index (κ1) is 15.4. The largest absolute Gasteiger partial charge is 0.376 e. The van der Waals surface area contributed by atoms with Crippen LogP contribution in [-0.2, 0) is 4.74 Å². The van der Waals surface area contributed by atoms with E-state index >= 15 is 0 Å². The predicted octanol–water partition coefficient (Wildman–Crippen LogP) is 3.88. The highest BCUT2D eigenvalue weighted by Gasteiger charge is 2.44. The van der Waals surface area contributed by atoms with Gasteiger partial charge in [-0.05, 0) is 37.9 Å². The summed E-state index contributed by atoms with van der Waals surface area (Å²) < 4.78 is 34.4. The standard InChI is InChI=1S/C16H23F2NO/c1-4-19-15(16(20-3)9-5-6-10-16)13-12(17)8-7-11(2)14(13)18/h7-8,15,19H,4-6,9-10H2,1-3H3. The molecule has 112 valence electrons. The van der Waals surface area contributed by atoms with E-state index < -0.39 is 23.3 Å². The Balaban J connectivity index is 2.51. The number of rotatable bonds is 5. The Kier molecular flexibility index (Phi) is 4.76. The smallest absolute Gasteiger partial charge is 0.133 e. The normalized spacial score (nSPS) is 19.2. The maximum atomic E-state index is 14.5. The maximum Gasteiger partial charge on any atom is 0.133 e. The molecule has 1 fully saturated rings. The van der Waals surface area contributed by atoms with Crippen molar-refractivity contribution in [2.24, 2.45) is 0 Å². The quantitative estimate of drug-likeness (QED) is 0.885. The number of benzene rings is 1. The second-order valence-electron chi connectivity index (χ2n) is 5.56. The zero-order valence-electron chi connectivity index (χ0n) is 12.4. The molecule has 0 saturated heterocycles. The molecule has 0 amide bonds. The first-order chi connectivity index (χ1) is 9.55. The molecule has 4 heteroatoms. The molecule has 1 aliphatic rings. The molecular weight excluding hydrogens is 260 g/mol. The van der Waals surface area contributed by atoms with Crippen molar-refractivity contribution >= 4 is 0 Å². The number of ether oxygens (including phenoxy) is 1. The molecule has 0 bridgehead atoms. The summed E-state index contributed by atoms with van der Waals surface area (Å²) in [4.78, 5) is 0. The number of hydrogen-bond donors (Lipinski definition) is 1. The number of likely N-dealkylation sites (N-methyl/N-ethyl adjacent to an activating group) is 1. The molecule has 1 unspecified atom stereocenters. The van der Waals surface area contributed by atoms with E-state index in [-0.39, 0.29) is 5.56 Å². The molecule has 0 aliphatic heterocycles. The molecule has 1 aliphatic carbocycles. The van der Waals surface area contributed by atoms with Crippen LogP contribution < -0.4 is 5.32 Å².